The van der Waals surface area contributed by atoms with Crippen LogP contribution >= 0.6 is 0 Å². The Bertz CT molecular complexity index is 268. The summed E-state index contributed by atoms with van der Waals surface area (Å²) < 4.78 is 0. The molecule has 0 spiro atoms. The fraction of sp³-hybridized carbons (Fsp3) is 0.700. The van der Waals surface area contributed by atoms with E-state index in [1.54, 1.807) is 6.20 Å². The zero-order chi connectivity index (χ0) is 9.97. The summed E-state index contributed by atoms with van der Waals surface area (Å²) in [4.78, 5) is 2.44. The van der Waals surface area contributed by atoms with Gasteiger partial charge in [-0.05, 0) is 25.5 Å². The number of likely N-dealkylation sites (tertiary alicyclic amines) is 1. The molecule has 1 aromatic heterocycles. The highest BCUT2D eigenvalue weighted by Crippen LogP contribution is 2.29. The maximum absolute atomic E-state index is 6.10. The molecule has 2 rings (SSSR count). The number of nitrogens with one attached hydrogen (secondary N) is 1. The fourth-order valence-corrected chi connectivity index (χ4v) is 2.28. The van der Waals surface area contributed by atoms with Crippen LogP contribution in [0.3, 0.4) is 0 Å². The van der Waals surface area contributed by atoms with E-state index in [0.29, 0.717) is 6.04 Å². The van der Waals surface area contributed by atoms with Crippen molar-refractivity contribution in [3.63, 3.8) is 0 Å². The van der Waals surface area contributed by atoms with Gasteiger partial charge in [0, 0.05) is 18.8 Å². The van der Waals surface area contributed by atoms with E-state index in [1.807, 2.05) is 6.07 Å². The van der Waals surface area contributed by atoms with Crippen molar-refractivity contribution in [3.8, 4) is 0 Å². The van der Waals surface area contributed by atoms with Gasteiger partial charge in [-0.25, -0.2) is 0 Å². The fourth-order valence-electron chi connectivity index (χ4n) is 2.28. The third-order valence-electron chi connectivity index (χ3n) is 2.90. The number of H-pyrrole nitrogens is 1. The van der Waals surface area contributed by atoms with Crippen molar-refractivity contribution in [1.29, 1.82) is 0 Å². The molecule has 2 atom stereocenters. The summed E-state index contributed by atoms with van der Waals surface area (Å²) in [6, 6.07) is 2.62. The number of rotatable bonds is 3. The molecule has 1 fully saturated rings. The molecule has 3 N–H and O–H groups in total. The summed E-state index contributed by atoms with van der Waals surface area (Å²) in [5.74, 6) is 0. The van der Waals surface area contributed by atoms with Gasteiger partial charge in [-0.1, -0.05) is 6.92 Å². The smallest absolute Gasteiger partial charge is 0.0668 e. The van der Waals surface area contributed by atoms with Crippen molar-refractivity contribution >= 4 is 0 Å². The van der Waals surface area contributed by atoms with Gasteiger partial charge >= 0.3 is 0 Å². The molecule has 0 radical (unpaired) electrons. The largest absolute Gasteiger partial charge is 0.326 e. The van der Waals surface area contributed by atoms with E-state index >= 15 is 0 Å². The molecule has 1 aliphatic rings. The molecule has 14 heavy (non-hydrogen) atoms. The minimum Gasteiger partial charge on any atom is -0.326 e. The van der Waals surface area contributed by atoms with Crippen LogP contribution in [-0.2, 0) is 0 Å². The van der Waals surface area contributed by atoms with Crippen molar-refractivity contribution in [2.24, 2.45) is 5.73 Å². The molecule has 1 aromatic rings. The summed E-state index contributed by atoms with van der Waals surface area (Å²) in [6.45, 7) is 4.43. The average molecular weight is 194 g/mol. The first-order chi connectivity index (χ1) is 6.83. The zero-order valence-electron chi connectivity index (χ0n) is 8.61. The Hall–Kier alpha value is -0.870. The lowest BCUT2D eigenvalue weighted by Gasteiger charge is -2.24. The van der Waals surface area contributed by atoms with Gasteiger partial charge in [0.25, 0.3) is 0 Å². The summed E-state index contributed by atoms with van der Waals surface area (Å²) in [5, 5.41) is 7.01. The third-order valence-corrected chi connectivity index (χ3v) is 2.90. The molecular weight excluding hydrogens is 176 g/mol. The molecule has 0 saturated carbocycles. The van der Waals surface area contributed by atoms with Gasteiger partial charge in [0.1, 0.15) is 0 Å². The lowest BCUT2D eigenvalue weighted by molar-refractivity contribution is 0.244. The predicted molar refractivity (Wildman–Crippen MR) is 55.8 cm³/mol. The van der Waals surface area contributed by atoms with Gasteiger partial charge in [-0.2, -0.15) is 5.10 Å². The molecule has 0 aromatic carbocycles. The highest BCUT2D eigenvalue weighted by molar-refractivity contribution is 5.10. The Balaban J connectivity index is 2.13. The minimum atomic E-state index is 0.252. The van der Waals surface area contributed by atoms with Crippen LogP contribution < -0.4 is 5.73 Å². The van der Waals surface area contributed by atoms with E-state index in [-0.39, 0.29) is 6.04 Å². The number of nitrogens with zero attached hydrogens (tertiary/aromatic N) is 2. The Morgan fingerprint density at radius 2 is 2.57 bits per heavy atom. The number of hydrogen-bond donors (Lipinski definition) is 2. The van der Waals surface area contributed by atoms with E-state index in [2.05, 4.69) is 22.0 Å². The molecule has 0 unspecified atom stereocenters. The average Bonchev–Trinajstić information content (AvgIpc) is 2.76. The van der Waals surface area contributed by atoms with Crippen molar-refractivity contribution in [2.75, 3.05) is 13.1 Å². The second-order valence-electron chi connectivity index (χ2n) is 3.95. The van der Waals surface area contributed by atoms with E-state index < -0.39 is 0 Å². The summed E-state index contributed by atoms with van der Waals surface area (Å²) in [5.41, 5.74) is 7.26. The third kappa shape index (κ3) is 1.67. The Morgan fingerprint density at radius 1 is 1.71 bits per heavy atom. The van der Waals surface area contributed by atoms with Crippen LogP contribution in [0.15, 0.2) is 12.3 Å². The van der Waals surface area contributed by atoms with Crippen molar-refractivity contribution in [2.45, 2.75) is 31.8 Å². The molecule has 4 heteroatoms. The summed E-state index contributed by atoms with van der Waals surface area (Å²) in [6.07, 6.45) is 4.06. The number of aromatic nitrogens is 2. The maximum Gasteiger partial charge on any atom is 0.0668 e. The van der Waals surface area contributed by atoms with Gasteiger partial charge in [-0.3, -0.25) is 10.00 Å². The predicted octanol–water partition coefficient (Wildman–Crippen LogP) is 0.894. The first-order valence-electron chi connectivity index (χ1n) is 5.32. The highest BCUT2D eigenvalue weighted by Gasteiger charge is 2.32. The first kappa shape index (κ1) is 9.68. The van der Waals surface area contributed by atoms with Crippen LogP contribution in [-0.4, -0.2) is 34.2 Å². The Morgan fingerprint density at radius 3 is 3.21 bits per heavy atom. The van der Waals surface area contributed by atoms with E-state index in [4.69, 9.17) is 5.73 Å². The number of nitrogens with two attached hydrogens (primary N) is 1. The van der Waals surface area contributed by atoms with Crippen LogP contribution in [0.1, 0.15) is 31.5 Å². The van der Waals surface area contributed by atoms with Crippen molar-refractivity contribution in [3.05, 3.63) is 18.0 Å². The molecule has 0 bridgehead atoms. The van der Waals surface area contributed by atoms with Crippen LogP contribution in [0.4, 0.5) is 0 Å². The van der Waals surface area contributed by atoms with Crippen LogP contribution in [0, 0.1) is 0 Å². The molecular formula is C10H18N4. The second-order valence-corrected chi connectivity index (χ2v) is 3.95. The summed E-state index contributed by atoms with van der Waals surface area (Å²) in [7, 11) is 0. The SMILES string of the molecule is CCCN1CC[C@H](N)[C@H]1c1ccn[nH]1. The van der Waals surface area contributed by atoms with Crippen molar-refractivity contribution in [1.82, 2.24) is 15.1 Å². The van der Waals surface area contributed by atoms with Crippen LogP contribution in [0.5, 0.6) is 0 Å². The van der Waals surface area contributed by atoms with Crippen LogP contribution in [0.25, 0.3) is 0 Å². The topological polar surface area (TPSA) is 57.9 Å². The monoisotopic (exact) mass is 194 g/mol. The zero-order valence-corrected chi connectivity index (χ0v) is 8.61. The van der Waals surface area contributed by atoms with E-state index in [9.17, 15) is 0 Å². The molecule has 1 saturated heterocycles. The quantitative estimate of drug-likeness (QED) is 0.751. The summed E-state index contributed by atoms with van der Waals surface area (Å²) >= 11 is 0. The standard InChI is InChI=1S/C10H18N4/c1-2-6-14-7-4-8(11)10(14)9-3-5-12-13-9/h3,5,8,10H,2,4,6-7,11H2,1H3,(H,12,13)/t8-,10-/m0/s1. The van der Waals surface area contributed by atoms with E-state index in [0.717, 1.165) is 25.2 Å². The van der Waals surface area contributed by atoms with Gasteiger partial charge in [0.05, 0.1) is 11.7 Å². The highest BCUT2D eigenvalue weighted by atomic mass is 15.2. The van der Waals surface area contributed by atoms with Crippen LogP contribution in [0.2, 0.25) is 0 Å². The lowest BCUT2D eigenvalue weighted by atomic mass is 10.1. The van der Waals surface area contributed by atoms with Gasteiger partial charge in [0.15, 0.2) is 0 Å². The number of hydrogen-bond acceptors (Lipinski definition) is 3. The normalized spacial score (nSPS) is 28.4. The Labute approximate surface area is 84.5 Å². The van der Waals surface area contributed by atoms with Gasteiger partial charge < -0.3 is 5.73 Å². The van der Waals surface area contributed by atoms with E-state index in [1.165, 1.54) is 6.42 Å². The minimum absolute atomic E-state index is 0.252. The Kier molecular flexibility index (Phi) is 2.84. The molecule has 2 heterocycles. The first-order valence-corrected chi connectivity index (χ1v) is 5.32. The maximum atomic E-state index is 6.10. The molecule has 0 amide bonds. The van der Waals surface area contributed by atoms with Crippen molar-refractivity contribution < 1.29 is 0 Å². The molecule has 78 valence electrons. The lowest BCUT2D eigenvalue weighted by Crippen LogP contribution is -2.32. The molecule has 0 aliphatic carbocycles. The number of aromatic amines is 1. The van der Waals surface area contributed by atoms with Gasteiger partial charge in [-0.15, -0.1) is 0 Å². The second kappa shape index (κ2) is 4.11. The molecule has 1 aliphatic heterocycles. The molecule has 4 nitrogen and oxygen atoms in total. The van der Waals surface area contributed by atoms with Gasteiger partial charge in [0.2, 0.25) is 0 Å².